The van der Waals surface area contributed by atoms with E-state index < -0.39 is 6.10 Å². The van der Waals surface area contributed by atoms with Crippen molar-refractivity contribution in [2.75, 3.05) is 19.7 Å². The molecular formula is C19H27N3O2. The monoisotopic (exact) mass is 329 g/mol. The highest BCUT2D eigenvalue weighted by Crippen LogP contribution is 2.19. The van der Waals surface area contributed by atoms with E-state index in [1.807, 2.05) is 41.2 Å². The minimum atomic E-state index is -0.481. The average Bonchev–Trinajstić information content (AvgIpc) is 3.01. The van der Waals surface area contributed by atoms with Crippen LogP contribution in [0, 0.1) is 6.92 Å². The molecule has 2 atom stereocenters. The lowest BCUT2D eigenvalue weighted by Gasteiger charge is -2.36. The molecule has 24 heavy (non-hydrogen) atoms. The van der Waals surface area contributed by atoms with Crippen molar-refractivity contribution >= 4 is 0 Å². The van der Waals surface area contributed by atoms with Crippen LogP contribution in [-0.2, 0) is 6.54 Å². The van der Waals surface area contributed by atoms with Gasteiger partial charge in [0.05, 0.1) is 12.7 Å². The molecule has 2 aromatic rings. The lowest BCUT2D eigenvalue weighted by Crippen LogP contribution is -2.46. The molecule has 3 rings (SSSR count). The maximum atomic E-state index is 10.4. The number of aliphatic hydroxyl groups excluding tert-OH is 1. The van der Waals surface area contributed by atoms with Crippen LogP contribution < -0.4 is 4.74 Å². The minimum Gasteiger partial charge on any atom is -0.491 e. The lowest BCUT2D eigenvalue weighted by atomic mass is 10.0. The summed E-state index contributed by atoms with van der Waals surface area (Å²) in [6.45, 7) is 4.96. The first-order valence-electron chi connectivity index (χ1n) is 8.80. The molecule has 130 valence electrons. The Hall–Kier alpha value is -1.85. The number of hydrogen-bond acceptors (Lipinski definition) is 4. The number of rotatable bonds is 7. The molecule has 0 saturated carbocycles. The highest BCUT2D eigenvalue weighted by atomic mass is 16.5. The van der Waals surface area contributed by atoms with Gasteiger partial charge in [-0.2, -0.15) is 5.10 Å². The quantitative estimate of drug-likeness (QED) is 0.848. The lowest BCUT2D eigenvalue weighted by molar-refractivity contribution is 0.0345. The van der Waals surface area contributed by atoms with E-state index in [9.17, 15) is 5.11 Å². The topological polar surface area (TPSA) is 50.5 Å². The van der Waals surface area contributed by atoms with E-state index in [4.69, 9.17) is 4.74 Å². The smallest absolute Gasteiger partial charge is 0.119 e. The fourth-order valence-corrected chi connectivity index (χ4v) is 3.32. The van der Waals surface area contributed by atoms with Gasteiger partial charge in [-0.1, -0.05) is 24.6 Å². The third-order valence-electron chi connectivity index (χ3n) is 4.54. The van der Waals surface area contributed by atoms with Crippen LogP contribution in [0.4, 0.5) is 0 Å². The summed E-state index contributed by atoms with van der Waals surface area (Å²) in [6.07, 6.45) is 7.10. The Kier molecular flexibility index (Phi) is 5.88. The van der Waals surface area contributed by atoms with Crippen molar-refractivity contribution in [1.82, 2.24) is 14.7 Å². The van der Waals surface area contributed by atoms with Crippen LogP contribution in [0.15, 0.2) is 42.7 Å². The van der Waals surface area contributed by atoms with Crippen LogP contribution in [0.3, 0.4) is 0 Å². The molecule has 1 aliphatic rings. The molecule has 5 heteroatoms. The summed E-state index contributed by atoms with van der Waals surface area (Å²) in [4.78, 5) is 2.39. The van der Waals surface area contributed by atoms with Gasteiger partial charge < -0.3 is 9.84 Å². The van der Waals surface area contributed by atoms with Gasteiger partial charge >= 0.3 is 0 Å². The Labute approximate surface area is 143 Å². The van der Waals surface area contributed by atoms with Gasteiger partial charge in [-0.15, -0.1) is 0 Å². The molecule has 1 N–H and O–H groups in total. The summed E-state index contributed by atoms with van der Waals surface area (Å²) in [7, 11) is 0. The van der Waals surface area contributed by atoms with Crippen molar-refractivity contribution in [2.24, 2.45) is 0 Å². The predicted molar refractivity (Wildman–Crippen MR) is 94.1 cm³/mol. The number of nitrogens with zero attached hydrogens (tertiary/aromatic N) is 3. The second-order valence-electron chi connectivity index (χ2n) is 6.66. The number of likely N-dealkylation sites (tertiary alicyclic amines) is 1. The maximum Gasteiger partial charge on any atom is 0.119 e. The van der Waals surface area contributed by atoms with Crippen molar-refractivity contribution in [3.05, 3.63) is 48.3 Å². The van der Waals surface area contributed by atoms with Gasteiger partial charge in [-0.05, 0) is 44.0 Å². The third kappa shape index (κ3) is 4.82. The maximum absolute atomic E-state index is 10.4. The van der Waals surface area contributed by atoms with Gasteiger partial charge in [0.1, 0.15) is 18.5 Å². The van der Waals surface area contributed by atoms with Crippen molar-refractivity contribution < 1.29 is 9.84 Å². The first kappa shape index (κ1) is 17.0. The molecule has 0 spiro atoms. The molecule has 1 aromatic heterocycles. The zero-order valence-electron chi connectivity index (χ0n) is 14.3. The van der Waals surface area contributed by atoms with E-state index >= 15 is 0 Å². The molecule has 1 saturated heterocycles. The Balaban J connectivity index is 1.51. The Morgan fingerprint density at radius 1 is 1.29 bits per heavy atom. The normalized spacial score (nSPS) is 20.0. The molecule has 2 unspecified atom stereocenters. The molecule has 0 aliphatic carbocycles. The van der Waals surface area contributed by atoms with Crippen LogP contribution in [0.5, 0.6) is 5.75 Å². The third-order valence-corrected chi connectivity index (χ3v) is 4.54. The summed E-state index contributed by atoms with van der Waals surface area (Å²) in [5, 5.41) is 14.8. The van der Waals surface area contributed by atoms with Gasteiger partial charge in [0.2, 0.25) is 0 Å². The number of aliphatic hydroxyl groups is 1. The van der Waals surface area contributed by atoms with Crippen LogP contribution in [0.25, 0.3) is 0 Å². The summed E-state index contributed by atoms with van der Waals surface area (Å²) in [5.74, 6) is 0.804. The van der Waals surface area contributed by atoms with Gasteiger partial charge in [0, 0.05) is 18.8 Å². The first-order valence-corrected chi connectivity index (χ1v) is 8.80. The molecule has 5 nitrogen and oxygen atoms in total. The van der Waals surface area contributed by atoms with Crippen molar-refractivity contribution in [1.29, 1.82) is 0 Å². The van der Waals surface area contributed by atoms with Crippen molar-refractivity contribution in [3.63, 3.8) is 0 Å². The zero-order valence-corrected chi connectivity index (χ0v) is 14.3. The fourth-order valence-electron chi connectivity index (χ4n) is 3.32. The Morgan fingerprint density at radius 3 is 2.88 bits per heavy atom. The Bertz CT molecular complexity index is 614. The summed E-state index contributed by atoms with van der Waals surface area (Å²) in [5.41, 5.74) is 1.19. The van der Waals surface area contributed by atoms with Crippen molar-refractivity contribution in [2.45, 2.75) is 44.9 Å². The number of ether oxygens (including phenoxy) is 1. The van der Waals surface area contributed by atoms with Crippen molar-refractivity contribution in [3.8, 4) is 5.75 Å². The number of hydrogen-bond donors (Lipinski definition) is 1. The molecule has 1 aromatic carbocycles. The summed E-state index contributed by atoms with van der Waals surface area (Å²) < 4.78 is 7.69. The number of aromatic nitrogens is 2. The van der Waals surface area contributed by atoms with Crippen LogP contribution in [0.2, 0.25) is 0 Å². The molecule has 0 amide bonds. The molecule has 0 bridgehead atoms. The molecule has 1 fully saturated rings. The second-order valence-corrected chi connectivity index (χ2v) is 6.66. The summed E-state index contributed by atoms with van der Waals surface area (Å²) >= 11 is 0. The molecule has 0 radical (unpaired) electrons. The Morgan fingerprint density at radius 2 is 2.12 bits per heavy atom. The first-order chi connectivity index (χ1) is 11.7. The average molecular weight is 329 g/mol. The van der Waals surface area contributed by atoms with E-state index in [0.717, 1.165) is 25.3 Å². The minimum absolute atomic E-state index is 0.327. The highest BCUT2D eigenvalue weighted by Gasteiger charge is 2.25. The number of para-hydroxylation sites is 1. The standard InChI is InChI=1S/C19H27N3O2/c1-16-11-20-22(12-16)13-17-7-5-6-10-21(17)14-18(23)15-24-19-8-3-2-4-9-19/h2-4,8-9,11-12,17-18,23H,5-7,10,13-15H2,1H3. The number of aryl methyl sites for hydroxylation is 1. The van der Waals surface area contributed by atoms with Crippen LogP contribution in [0.1, 0.15) is 24.8 Å². The fraction of sp³-hybridized carbons (Fsp3) is 0.526. The molecular weight excluding hydrogens is 302 g/mol. The number of piperidine rings is 1. The second kappa shape index (κ2) is 8.31. The van der Waals surface area contributed by atoms with Gasteiger partial charge in [0.25, 0.3) is 0 Å². The van der Waals surface area contributed by atoms with E-state index in [2.05, 4.69) is 23.1 Å². The van der Waals surface area contributed by atoms with E-state index in [1.165, 1.54) is 18.4 Å². The van der Waals surface area contributed by atoms with Crippen LogP contribution in [-0.4, -0.2) is 51.6 Å². The van der Waals surface area contributed by atoms with Crippen LogP contribution >= 0.6 is 0 Å². The van der Waals surface area contributed by atoms with Gasteiger partial charge in [0.15, 0.2) is 0 Å². The zero-order chi connectivity index (χ0) is 16.8. The van der Waals surface area contributed by atoms with Gasteiger partial charge in [-0.3, -0.25) is 9.58 Å². The SMILES string of the molecule is Cc1cnn(CC2CCCCN2CC(O)COc2ccccc2)c1. The van der Waals surface area contributed by atoms with E-state index in [-0.39, 0.29) is 0 Å². The molecule has 2 heterocycles. The van der Waals surface area contributed by atoms with E-state index in [0.29, 0.717) is 19.2 Å². The summed E-state index contributed by atoms with van der Waals surface area (Å²) in [6, 6.07) is 10.1. The molecule has 1 aliphatic heterocycles. The van der Waals surface area contributed by atoms with Gasteiger partial charge in [-0.25, -0.2) is 0 Å². The largest absolute Gasteiger partial charge is 0.491 e. The predicted octanol–water partition coefficient (Wildman–Crippen LogP) is 2.49. The highest BCUT2D eigenvalue weighted by molar-refractivity contribution is 5.20. The number of benzene rings is 1. The van der Waals surface area contributed by atoms with E-state index in [1.54, 1.807) is 0 Å². The number of β-amino-alcohol motifs (C(OH)–C–C–N with tert-alkyl or cyclic N) is 1.